The molecule has 2 nitrogen and oxygen atoms in total. The lowest BCUT2D eigenvalue weighted by Crippen LogP contribution is -2.09. The smallest absolute Gasteiger partial charge is 0.124 e. The van der Waals surface area contributed by atoms with Crippen molar-refractivity contribution in [2.75, 3.05) is 11.9 Å². The summed E-state index contributed by atoms with van der Waals surface area (Å²) in [4.78, 5) is 8.41. The number of thiazole rings is 1. The highest BCUT2D eigenvalue weighted by atomic mass is 32.1. The Kier molecular flexibility index (Phi) is 4.30. The summed E-state index contributed by atoms with van der Waals surface area (Å²) < 4.78 is 0. The van der Waals surface area contributed by atoms with E-state index in [1.54, 1.807) is 11.3 Å². The number of allylic oxidation sites excluding steroid dienone is 3. The van der Waals surface area contributed by atoms with Crippen LogP contribution in [0.5, 0.6) is 0 Å². The Labute approximate surface area is 169 Å². The Morgan fingerprint density at radius 2 is 1.71 bits per heavy atom. The fourth-order valence-electron chi connectivity index (χ4n) is 3.63. The molecule has 0 saturated carbocycles. The van der Waals surface area contributed by atoms with Crippen LogP contribution in [0.2, 0.25) is 0 Å². The zero-order chi connectivity index (χ0) is 18.9. The van der Waals surface area contributed by atoms with Gasteiger partial charge in [-0.05, 0) is 41.8 Å². The minimum absolute atomic E-state index is 0.960. The van der Waals surface area contributed by atoms with Gasteiger partial charge in [-0.1, -0.05) is 54.6 Å². The van der Waals surface area contributed by atoms with E-state index in [4.69, 9.17) is 4.98 Å². The maximum atomic E-state index is 4.83. The van der Waals surface area contributed by atoms with Crippen LogP contribution >= 0.6 is 11.3 Å². The molecule has 0 unspecified atom stereocenters. The molecule has 0 bridgehead atoms. The second-order valence-corrected chi connectivity index (χ2v) is 8.01. The average Bonchev–Trinajstić information content (AvgIpc) is 3.03. The van der Waals surface area contributed by atoms with E-state index in [-0.39, 0.29) is 0 Å². The SMILES string of the molecule is CN(c1ccc(-c2nc3c(s2)CC=CC=C3)cc1)c1cccc2ccccc12. The number of rotatable bonds is 3. The highest BCUT2D eigenvalue weighted by Crippen LogP contribution is 2.34. The van der Waals surface area contributed by atoms with Gasteiger partial charge in [-0.25, -0.2) is 4.98 Å². The van der Waals surface area contributed by atoms with E-state index in [2.05, 4.69) is 103 Å². The van der Waals surface area contributed by atoms with Gasteiger partial charge >= 0.3 is 0 Å². The highest BCUT2D eigenvalue weighted by molar-refractivity contribution is 7.15. The van der Waals surface area contributed by atoms with Crippen LogP contribution in [0.25, 0.3) is 27.4 Å². The molecule has 136 valence electrons. The maximum absolute atomic E-state index is 4.83. The topological polar surface area (TPSA) is 16.1 Å². The third-order valence-electron chi connectivity index (χ3n) is 5.16. The van der Waals surface area contributed by atoms with Crippen molar-refractivity contribution < 1.29 is 0 Å². The van der Waals surface area contributed by atoms with Crippen LogP contribution in [0.3, 0.4) is 0 Å². The lowest BCUT2D eigenvalue weighted by atomic mass is 10.1. The van der Waals surface area contributed by atoms with Gasteiger partial charge in [0.1, 0.15) is 5.01 Å². The molecule has 4 aromatic rings. The van der Waals surface area contributed by atoms with Gasteiger partial charge in [-0.2, -0.15) is 0 Å². The first-order valence-electron chi connectivity index (χ1n) is 9.44. The Morgan fingerprint density at radius 3 is 2.61 bits per heavy atom. The van der Waals surface area contributed by atoms with E-state index in [1.165, 1.54) is 32.6 Å². The minimum atomic E-state index is 0.960. The molecule has 0 N–H and O–H groups in total. The monoisotopic (exact) mass is 380 g/mol. The molecule has 0 amide bonds. The molecule has 0 spiro atoms. The number of hydrogen-bond acceptors (Lipinski definition) is 3. The summed E-state index contributed by atoms with van der Waals surface area (Å²) in [6, 6.07) is 23.7. The fraction of sp³-hybridized carbons (Fsp3) is 0.0800. The lowest BCUT2D eigenvalue weighted by molar-refractivity contribution is 1.22. The summed E-state index contributed by atoms with van der Waals surface area (Å²) in [5, 5.41) is 3.61. The molecule has 0 radical (unpaired) electrons. The third kappa shape index (κ3) is 3.04. The van der Waals surface area contributed by atoms with Gasteiger partial charge in [0.15, 0.2) is 0 Å². The van der Waals surface area contributed by atoms with E-state index < -0.39 is 0 Å². The van der Waals surface area contributed by atoms with Crippen molar-refractivity contribution >= 4 is 39.6 Å². The van der Waals surface area contributed by atoms with Crippen molar-refractivity contribution in [1.29, 1.82) is 0 Å². The van der Waals surface area contributed by atoms with Crippen molar-refractivity contribution in [2.24, 2.45) is 0 Å². The van der Waals surface area contributed by atoms with E-state index in [0.717, 1.165) is 17.1 Å². The Hall–Kier alpha value is -3.17. The van der Waals surface area contributed by atoms with Crippen LogP contribution in [0.4, 0.5) is 11.4 Å². The molecule has 0 fully saturated rings. The summed E-state index contributed by atoms with van der Waals surface area (Å²) in [6.45, 7) is 0. The molecule has 1 heterocycles. The maximum Gasteiger partial charge on any atom is 0.124 e. The molecule has 0 saturated heterocycles. The predicted octanol–water partition coefficient (Wildman–Crippen LogP) is 6.86. The first kappa shape index (κ1) is 17.0. The van der Waals surface area contributed by atoms with Crippen molar-refractivity contribution in [3.8, 4) is 10.6 Å². The quantitative estimate of drug-likeness (QED) is 0.386. The normalized spacial score (nSPS) is 12.8. The van der Waals surface area contributed by atoms with Crippen molar-refractivity contribution in [1.82, 2.24) is 4.98 Å². The second-order valence-electron chi connectivity index (χ2n) is 6.92. The van der Waals surface area contributed by atoms with E-state index in [0.29, 0.717) is 0 Å². The molecular formula is C25H20N2S. The summed E-state index contributed by atoms with van der Waals surface area (Å²) in [5.74, 6) is 0. The fourth-order valence-corrected chi connectivity index (χ4v) is 4.66. The average molecular weight is 381 g/mol. The zero-order valence-electron chi connectivity index (χ0n) is 15.7. The van der Waals surface area contributed by atoms with Gasteiger partial charge in [0.2, 0.25) is 0 Å². The third-order valence-corrected chi connectivity index (χ3v) is 6.30. The van der Waals surface area contributed by atoms with Crippen LogP contribution < -0.4 is 4.90 Å². The Morgan fingerprint density at radius 1 is 0.893 bits per heavy atom. The number of nitrogens with zero attached hydrogens (tertiary/aromatic N) is 2. The zero-order valence-corrected chi connectivity index (χ0v) is 16.5. The van der Waals surface area contributed by atoms with E-state index in [9.17, 15) is 0 Å². The minimum Gasteiger partial charge on any atom is -0.344 e. The van der Waals surface area contributed by atoms with Crippen molar-refractivity contribution in [3.05, 3.63) is 95.5 Å². The molecule has 5 rings (SSSR count). The predicted molar refractivity (Wildman–Crippen MR) is 121 cm³/mol. The lowest BCUT2D eigenvalue weighted by Gasteiger charge is -2.21. The van der Waals surface area contributed by atoms with E-state index >= 15 is 0 Å². The van der Waals surface area contributed by atoms with Crippen LogP contribution in [0, 0.1) is 0 Å². The van der Waals surface area contributed by atoms with E-state index in [1.807, 2.05) is 0 Å². The summed E-state index contributed by atoms with van der Waals surface area (Å²) >= 11 is 1.79. The summed E-state index contributed by atoms with van der Waals surface area (Å²) in [5.41, 5.74) is 4.65. The van der Waals surface area contributed by atoms with Gasteiger partial charge in [0.25, 0.3) is 0 Å². The van der Waals surface area contributed by atoms with Crippen molar-refractivity contribution in [3.63, 3.8) is 0 Å². The molecule has 3 aromatic carbocycles. The number of hydrogen-bond donors (Lipinski definition) is 0. The van der Waals surface area contributed by atoms with Gasteiger partial charge in [0.05, 0.1) is 5.69 Å². The molecule has 0 atom stereocenters. The Balaban J connectivity index is 1.47. The standard InChI is InChI=1S/C25H20N2S/c1-27(23-12-7-9-18-8-5-6-10-21(18)23)20-16-14-19(15-17-20)25-26-22-11-3-2-4-13-24(22)28-25/h2-12,14-17H,13H2,1H3. The largest absolute Gasteiger partial charge is 0.344 e. The molecule has 1 aliphatic rings. The van der Waals surface area contributed by atoms with Gasteiger partial charge < -0.3 is 4.90 Å². The first-order valence-corrected chi connectivity index (χ1v) is 10.3. The number of aromatic nitrogens is 1. The molecule has 1 aromatic heterocycles. The summed E-state index contributed by atoms with van der Waals surface area (Å²) in [6.07, 6.45) is 9.40. The number of benzene rings is 3. The molecular weight excluding hydrogens is 360 g/mol. The van der Waals surface area contributed by atoms with Crippen LogP contribution in [-0.4, -0.2) is 12.0 Å². The Bertz CT molecular complexity index is 1190. The number of anilines is 2. The van der Waals surface area contributed by atoms with Gasteiger partial charge in [-0.15, -0.1) is 11.3 Å². The van der Waals surface area contributed by atoms with Gasteiger partial charge in [-0.3, -0.25) is 0 Å². The first-order chi connectivity index (χ1) is 13.8. The van der Waals surface area contributed by atoms with Gasteiger partial charge in [0, 0.05) is 40.7 Å². The summed E-state index contributed by atoms with van der Waals surface area (Å²) in [7, 11) is 2.12. The van der Waals surface area contributed by atoms with Crippen LogP contribution in [-0.2, 0) is 6.42 Å². The van der Waals surface area contributed by atoms with Crippen molar-refractivity contribution in [2.45, 2.75) is 6.42 Å². The molecule has 3 heteroatoms. The molecule has 28 heavy (non-hydrogen) atoms. The van der Waals surface area contributed by atoms with Crippen LogP contribution in [0.1, 0.15) is 10.6 Å². The second kappa shape index (κ2) is 7.10. The number of fused-ring (bicyclic) bond motifs is 2. The molecule has 0 aliphatic heterocycles. The van der Waals surface area contributed by atoms with Crippen LogP contribution in [0.15, 0.2) is 85.0 Å². The highest BCUT2D eigenvalue weighted by Gasteiger charge is 2.12. The molecule has 1 aliphatic carbocycles.